The number of phenolic OH excluding ortho intramolecular Hbond substituents is 1. The van der Waals surface area contributed by atoms with Gasteiger partial charge in [-0.2, -0.15) is 0 Å². The molecule has 0 spiro atoms. The molecule has 1 aromatic rings. The van der Waals surface area contributed by atoms with Gasteiger partial charge in [-0.15, -0.1) is 0 Å². The molecule has 0 saturated heterocycles. The van der Waals surface area contributed by atoms with Gasteiger partial charge in [0.1, 0.15) is 5.75 Å². The van der Waals surface area contributed by atoms with E-state index in [2.05, 4.69) is 6.58 Å². The second-order valence-electron chi connectivity index (χ2n) is 2.40. The van der Waals surface area contributed by atoms with Crippen LogP contribution in [-0.2, 0) is 0 Å². The average Bonchev–Trinajstić information content (AvgIpc) is 2.03. The zero-order valence-corrected chi connectivity index (χ0v) is 6.44. The fraction of sp³-hybridized carbons (Fsp3) is 0. The molecule has 0 aromatic heterocycles. The lowest BCUT2D eigenvalue weighted by atomic mass is 9.79. The predicted octanol–water partition coefficient (Wildman–Crippen LogP) is -0.285. The Morgan fingerprint density at radius 1 is 1.33 bits per heavy atom. The minimum absolute atomic E-state index is 0.0978. The Kier molecular flexibility index (Phi) is 2.52. The van der Waals surface area contributed by atoms with E-state index in [-0.39, 0.29) is 11.2 Å². The molecule has 0 amide bonds. The first-order chi connectivity index (χ1) is 5.65. The lowest BCUT2D eigenvalue weighted by Gasteiger charge is -2.03. The first-order valence-corrected chi connectivity index (χ1v) is 3.46. The van der Waals surface area contributed by atoms with Crippen molar-refractivity contribution in [2.45, 2.75) is 0 Å². The predicted molar refractivity (Wildman–Crippen MR) is 48.0 cm³/mol. The molecule has 0 saturated carbocycles. The van der Waals surface area contributed by atoms with Crippen LogP contribution in [0, 0.1) is 0 Å². The van der Waals surface area contributed by atoms with Crippen LogP contribution in [0.5, 0.6) is 5.75 Å². The van der Waals surface area contributed by atoms with Crippen molar-refractivity contribution in [3.8, 4) is 5.75 Å². The molecule has 0 bridgehead atoms. The molecule has 0 aliphatic heterocycles. The summed E-state index contributed by atoms with van der Waals surface area (Å²) in [5.74, 6) is -0.137. The van der Waals surface area contributed by atoms with Crippen molar-refractivity contribution in [3.63, 3.8) is 0 Å². The van der Waals surface area contributed by atoms with Gasteiger partial charge in [0.05, 0.1) is 0 Å². The van der Waals surface area contributed by atoms with Crippen LogP contribution in [0.4, 0.5) is 0 Å². The zero-order chi connectivity index (χ0) is 9.14. The van der Waals surface area contributed by atoms with Crippen molar-refractivity contribution >= 4 is 18.7 Å². The fourth-order valence-electron chi connectivity index (χ4n) is 0.906. The topological polar surface area (TPSA) is 60.7 Å². The Morgan fingerprint density at radius 2 is 2.00 bits per heavy atom. The van der Waals surface area contributed by atoms with Gasteiger partial charge in [-0.3, -0.25) is 0 Å². The number of rotatable bonds is 2. The summed E-state index contributed by atoms with van der Waals surface area (Å²) >= 11 is 0. The maximum absolute atomic E-state index is 9.23. The number of aromatic hydroxyl groups is 1. The molecule has 0 aliphatic carbocycles. The Hall–Kier alpha value is -1.26. The van der Waals surface area contributed by atoms with E-state index < -0.39 is 7.12 Å². The third-order valence-electron chi connectivity index (χ3n) is 1.57. The highest BCUT2D eigenvalue weighted by atomic mass is 16.4. The van der Waals surface area contributed by atoms with Crippen LogP contribution < -0.4 is 5.46 Å². The van der Waals surface area contributed by atoms with E-state index in [0.717, 1.165) is 5.56 Å². The second-order valence-corrected chi connectivity index (χ2v) is 2.40. The van der Waals surface area contributed by atoms with E-state index in [1.54, 1.807) is 12.1 Å². The van der Waals surface area contributed by atoms with Gasteiger partial charge in [0.2, 0.25) is 0 Å². The van der Waals surface area contributed by atoms with Gasteiger partial charge in [0.25, 0.3) is 0 Å². The smallest absolute Gasteiger partial charge is 0.492 e. The molecule has 3 nitrogen and oxygen atoms in total. The highest BCUT2D eigenvalue weighted by Crippen LogP contribution is 2.09. The molecule has 0 aliphatic rings. The summed E-state index contributed by atoms with van der Waals surface area (Å²) in [7, 11) is -1.64. The molecule has 0 fully saturated rings. The molecule has 0 unspecified atom stereocenters. The van der Waals surface area contributed by atoms with Gasteiger partial charge in [0, 0.05) is 5.46 Å². The molecule has 12 heavy (non-hydrogen) atoms. The number of benzene rings is 1. The minimum Gasteiger partial charge on any atom is -0.508 e. The summed E-state index contributed by atoms with van der Waals surface area (Å²) in [6.45, 7) is 3.51. The van der Waals surface area contributed by atoms with Crippen molar-refractivity contribution < 1.29 is 15.2 Å². The molecule has 0 heterocycles. The van der Waals surface area contributed by atoms with Crippen LogP contribution in [0.15, 0.2) is 24.8 Å². The van der Waals surface area contributed by atoms with Crippen LogP contribution in [0.1, 0.15) is 5.56 Å². The number of hydrogen-bond donors (Lipinski definition) is 3. The van der Waals surface area contributed by atoms with E-state index in [1.165, 1.54) is 12.1 Å². The van der Waals surface area contributed by atoms with Gasteiger partial charge in [-0.25, -0.2) is 0 Å². The number of hydrogen-bond acceptors (Lipinski definition) is 3. The molecule has 1 aromatic carbocycles. The Balaban J connectivity index is 3.11. The molecule has 4 heteroatoms. The molecule has 3 N–H and O–H groups in total. The normalized spacial score (nSPS) is 9.50. The van der Waals surface area contributed by atoms with E-state index >= 15 is 0 Å². The third kappa shape index (κ3) is 1.67. The number of phenols is 1. The van der Waals surface area contributed by atoms with Crippen LogP contribution in [0.25, 0.3) is 6.08 Å². The molecular weight excluding hydrogens is 155 g/mol. The minimum atomic E-state index is -1.64. The van der Waals surface area contributed by atoms with Gasteiger partial charge in [0.15, 0.2) is 0 Å². The van der Waals surface area contributed by atoms with Crippen LogP contribution >= 0.6 is 0 Å². The first-order valence-electron chi connectivity index (χ1n) is 3.46. The van der Waals surface area contributed by atoms with E-state index in [0.29, 0.717) is 0 Å². The molecule has 62 valence electrons. The van der Waals surface area contributed by atoms with Crippen molar-refractivity contribution in [2.75, 3.05) is 0 Å². The van der Waals surface area contributed by atoms with Crippen molar-refractivity contribution in [1.29, 1.82) is 0 Å². The molecule has 0 atom stereocenters. The Morgan fingerprint density at radius 3 is 2.42 bits per heavy atom. The van der Waals surface area contributed by atoms with Gasteiger partial charge < -0.3 is 15.2 Å². The van der Waals surface area contributed by atoms with Crippen molar-refractivity contribution in [3.05, 3.63) is 30.3 Å². The van der Waals surface area contributed by atoms with Crippen molar-refractivity contribution in [2.24, 2.45) is 0 Å². The summed E-state index contributed by atoms with van der Waals surface area (Å²) in [4.78, 5) is 0. The quantitative estimate of drug-likeness (QED) is 0.526. The first kappa shape index (κ1) is 8.84. The summed E-state index contributed by atoms with van der Waals surface area (Å²) in [6, 6.07) is 4.50. The lowest BCUT2D eigenvalue weighted by molar-refractivity contribution is 0.419. The summed E-state index contributed by atoms with van der Waals surface area (Å²) < 4.78 is 0. The van der Waals surface area contributed by atoms with E-state index in [9.17, 15) is 5.11 Å². The summed E-state index contributed by atoms with van der Waals surface area (Å²) in [6.07, 6.45) is 1.56. The van der Waals surface area contributed by atoms with Gasteiger partial charge >= 0.3 is 7.12 Å². The highest BCUT2D eigenvalue weighted by Gasteiger charge is 2.14. The molecule has 0 radical (unpaired) electrons. The van der Waals surface area contributed by atoms with Crippen molar-refractivity contribution in [1.82, 2.24) is 0 Å². The van der Waals surface area contributed by atoms with E-state index in [1.807, 2.05) is 0 Å². The van der Waals surface area contributed by atoms with Crippen LogP contribution in [-0.4, -0.2) is 22.3 Å². The second kappa shape index (κ2) is 3.43. The standard InChI is InChI=1S/C8H9BO3/c1-2-6-3-4-7(9(11)12)8(10)5-6/h2-5,10-12H,1H2. The van der Waals surface area contributed by atoms with Gasteiger partial charge in [-0.1, -0.05) is 24.8 Å². The lowest BCUT2D eigenvalue weighted by Crippen LogP contribution is -2.29. The molecule has 1 rings (SSSR count). The monoisotopic (exact) mass is 164 g/mol. The molecular formula is C8H9BO3. The zero-order valence-electron chi connectivity index (χ0n) is 6.44. The fourth-order valence-corrected chi connectivity index (χ4v) is 0.906. The average molecular weight is 164 g/mol. The third-order valence-corrected chi connectivity index (χ3v) is 1.57. The van der Waals surface area contributed by atoms with Gasteiger partial charge in [-0.05, 0) is 11.6 Å². The van der Waals surface area contributed by atoms with E-state index in [4.69, 9.17) is 10.0 Å². The van der Waals surface area contributed by atoms with Crippen LogP contribution in [0.2, 0.25) is 0 Å². The Bertz CT molecular complexity index is 296. The summed E-state index contributed by atoms with van der Waals surface area (Å²) in [5, 5.41) is 26.7. The summed E-state index contributed by atoms with van der Waals surface area (Å²) in [5.41, 5.74) is 0.831. The largest absolute Gasteiger partial charge is 0.508 e. The Labute approximate surface area is 70.7 Å². The highest BCUT2D eigenvalue weighted by molar-refractivity contribution is 6.59. The SMILES string of the molecule is C=Cc1ccc(B(O)O)c(O)c1. The van der Waals surface area contributed by atoms with Crippen LogP contribution in [0.3, 0.4) is 0 Å². The maximum atomic E-state index is 9.23. The maximum Gasteiger partial charge on any atom is 0.492 e.